The average Bonchev–Trinajstić information content (AvgIpc) is 2.43. The summed E-state index contributed by atoms with van der Waals surface area (Å²) >= 11 is 0. The van der Waals surface area contributed by atoms with Crippen molar-refractivity contribution in [1.82, 2.24) is 0 Å². The first kappa shape index (κ1) is 20.2. The highest BCUT2D eigenvalue weighted by Crippen LogP contribution is 2.12. The molecule has 0 spiro atoms. The Bertz CT molecular complexity index is 247. The van der Waals surface area contributed by atoms with E-state index in [4.69, 9.17) is 22.8 Å². The number of rotatable bonds is 12. The molecular weight excluding hydrogens is 292 g/mol. The number of ether oxygens (including phenoxy) is 2. The van der Waals surface area contributed by atoms with E-state index in [9.17, 15) is 0 Å². The van der Waals surface area contributed by atoms with Crippen LogP contribution in [0.5, 0.6) is 0 Å². The van der Waals surface area contributed by atoms with E-state index in [0.717, 1.165) is 18.7 Å². The highest BCUT2D eigenvalue weighted by molar-refractivity contribution is 6.71. The normalized spacial score (nSPS) is 14.6. The summed E-state index contributed by atoms with van der Waals surface area (Å²) in [5.41, 5.74) is 0. The maximum Gasteiger partial charge on any atom is 0.336 e. The van der Waals surface area contributed by atoms with Crippen molar-refractivity contribution in [3.63, 3.8) is 0 Å². The third kappa shape index (κ3) is 9.22. The molecule has 0 aliphatic heterocycles. The van der Waals surface area contributed by atoms with Gasteiger partial charge in [-0.25, -0.2) is 0 Å². The minimum absolute atomic E-state index is 0.106. The molecule has 1 unspecified atom stereocenters. The van der Waals surface area contributed by atoms with E-state index in [-0.39, 0.29) is 6.10 Å². The third-order valence-corrected chi connectivity index (χ3v) is 8.93. The minimum atomic E-state index is -2.00. The molecule has 122 valence electrons. The van der Waals surface area contributed by atoms with Crippen LogP contribution in [0.25, 0.3) is 0 Å². The van der Waals surface area contributed by atoms with Crippen LogP contribution in [0.1, 0.15) is 6.92 Å². The van der Waals surface area contributed by atoms with Gasteiger partial charge in [-0.15, -0.1) is 0 Å². The van der Waals surface area contributed by atoms with Crippen LogP contribution < -0.4 is 0 Å². The first-order chi connectivity index (χ1) is 9.28. The van der Waals surface area contributed by atoms with Gasteiger partial charge in [0.2, 0.25) is 0 Å². The van der Waals surface area contributed by atoms with Gasteiger partial charge in [0.05, 0.1) is 12.7 Å². The molecule has 0 fully saturated rings. The summed E-state index contributed by atoms with van der Waals surface area (Å²) in [7, 11) is 1.67. The first-order valence-electron chi connectivity index (χ1n) is 7.13. The molecule has 7 heteroatoms. The van der Waals surface area contributed by atoms with Crippen molar-refractivity contribution >= 4 is 16.9 Å². The molecule has 0 radical (unpaired) electrons. The monoisotopic (exact) mass is 324 g/mol. The van der Waals surface area contributed by atoms with Crippen molar-refractivity contribution in [2.75, 3.05) is 41.2 Å². The van der Waals surface area contributed by atoms with E-state index in [1.54, 1.807) is 21.3 Å². The Morgan fingerprint density at radius 2 is 1.45 bits per heavy atom. The van der Waals surface area contributed by atoms with Gasteiger partial charge in [-0.1, -0.05) is 0 Å². The summed E-state index contributed by atoms with van der Waals surface area (Å²) in [4.78, 5) is 0. The van der Waals surface area contributed by atoms with Crippen LogP contribution in [-0.4, -0.2) is 64.1 Å². The Morgan fingerprint density at radius 3 is 1.95 bits per heavy atom. The van der Waals surface area contributed by atoms with Gasteiger partial charge in [0.1, 0.15) is 0 Å². The maximum atomic E-state index is 5.74. The highest BCUT2D eigenvalue weighted by Gasteiger charge is 2.28. The fourth-order valence-electron chi connectivity index (χ4n) is 1.45. The van der Waals surface area contributed by atoms with Crippen LogP contribution in [0.15, 0.2) is 0 Å². The van der Waals surface area contributed by atoms with Crippen molar-refractivity contribution in [2.45, 2.75) is 44.8 Å². The molecule has 0 aromatic heterocycles. The fraction of sp³-hybridized carbons (Fsp3) is 1.00. The third-order valence-electron chi connectivity index (χ3n) is 3.58. The number of hydrogen-bond acceptors (Lipinski definition) is 5. The molecule has 0 amide bonds. The summed E-state index contributed by atoms with van der Waals surface area (Å²) in [6.45, 7) is 10.4. The van der Waals surface area contributed by atoms with E-state index in [1.807, 2.05) is 13.5 Å². The summed E-state index contributed by atoms with van der Waals surface area (Å²) in [5, 5.41) is 0. The van der Waals surface area contributed by atoms with E-state index < -0.39 is 16.9 Å². The van der Waals surface area contributed by atoms with Crippen LogP contribution in [0, 0.1) is 0 Å². The Balaban J connectivity index is 3.67. The Kier molecular flexibility index (Phi) is 10.2. The van der Waals surface area contributed by atoms with E-state index in [2.05, 4.69) is 13.1 Å². The molecule has 0 bridgehead atoms. The zero-order valence-corrected chi connectivity index (χ0v) is 16.2. The van der Waals surface area contributed by atoms with Gasteiger partial charge in [-0.3, -0.25) is 0 Å². The lowest BCUT2D eigenvalue weighted by Gasteiger charge is -2.23. The molecule has 20 heavy (non-hydrogen) atoms. The van der Waals surface area contributed by atoms with Crippen LogP contribution in [0.2, 0.25) is 31.7 Å². The van der Waals surface area contributed by atoms with Gasteiger partial charge < -0.3 is 22.8 Å². The summed E-state index contributed by atoms with van der Waals surface area (Å²) in [6.07, 6.45) is 0.106. The molecule has 0 aromatic rings. The quantitative estimate of drug-likeness (QED) is 0.408. The lowest BCUT2D eigenvalue weighted by atomic mass is 10.4. The highest BCUT2D eigenvalue weighted by atomic mass is 28.4. The van der Waals surface area contributed by atoms with E-state index in [1.165, 1.54) is 0 Å². The molecule has 0 saturated heterocycles. The topological polar surface area (TPSA) is 46.2 Å². The van der Waals surface area contributed by atoms with Gasteiger partial charge >= 0.3 is 8.56 Å². The van der Waals surface area contributed by atoms with E-state index in [0.29, 0.717) is 13.2 Å². The van der Waals surface area contributed by atoms with Gasteiger partial charge in [-0.05, 0) is 32.6 Å². The Labute approximate surface area is 126 Å². The maximum absolute atomic E-state index is 5.74. The minimum Gasteiger partial charge on any atom is -0.420 e. The van der Waals surface area contributed by atoms with Crippen LogP contribution in [0.4, 0.5) is 0 Å². The Hall–Kier alpha value is 0.234. The van der Waals surface area contributed by atoms with Crippen molar-refractivity contribution in [1.29, 1.82) is 0 Å². The molecule has 1 atom stereocenters. The molecular formula is C13H32O5Si2. The van der Waals surface area contributed by atoms with Crippen LogP contribution in [-0.2, 0) is 22.8 Å². The molecule has 0 N–H and O–H groups in total. The first-order valence-corrected chi connectivity index (χ1v) is 12.8. The van der Waals surface area contributed by atoms with Crippen LogP contribution >= 0.6 is 0 Å². The van der Waals surface area contributed by atoms with Crippen molar-refractivity contribution in [3.05, 3.63) is 0 Å². The second-order valence-corrected chi connectivity index (χ2v) is 13.8. The lowest BCUT2D eigenvalue weighted by Crippen LogP contribution is -2.37. The molecule has 0 aliphatic rings. The lowest BCUT2D eigenvalue weighted by molar-refractivity contribution is -0.000196. The average molecular weight is 325 g/mol. The second-order valence-electron chi connectivity index (χ2n) is 5.76. The summed E-state index contributed by atoms with van der Waals surface area (Å²) in [5.74, 6) is 0. The summed E-state index contributed by atoms with van der Waals surface area (Å²) in [6, 6.07) is 1.84. The number of hydrogen-bond donors (Lipinski definition) is 0. The van der Waals surface area contributed by atoms with Crippen molar-refractivity contribution in [3.8, 4) is 0 Å². The van der Waals surface area contributed by atoms with E-state index >= 15 is 0 Å². The SMILES string of the molecule is CO[Si](C)(C)CCOC(C)COCC[Si](C)(OC)OC. The predicted molar refractivity (Wildman–Crippen MR) is 86.0 cm³/mol. The van der Waals surface area contributed by atoms with Gasteiger partial charge in [-0.2, -0.15) is 0 Å². The Morgan fingerprint density at radius 1 is 0.850 bits per heavy atom. The summed E-state index contributed by atoms with van der Waals surface area (Å²) < 4.78 is 27.7. The van der Waals surface area contributed by atoms with Crippen LogP contribution in [0.3, 0.4) is 0 Å². The van der Waals surface area contributed by atoms with Crippen molar-refractivity contribution < 1.29 is 22.8 Å². The molecule has 5 nitrogen and oxygen atoms in total. The molecule has 0 aromatic carbocycles. The molecule has 0 rings (SSSR count). The smallest absolute Gasteiger partial charge is 0.336 e. The predicted octanol–water partition coefficient (Wildman–Crippen LogP) is 2.62. The van der Waals surface area contributed by atoms with Crippen molar-refractivity contribution in [2.24, 2.45) is 0 Å². The zero-order valence-electron chi connectivity index (χ0n) is 14.2. The molecule has 0 saturated carbocycles. The van der Waals surface area contributed by atoms with Gasteiger partial charge in [0, 0.05) is 40.6 Å². The zero-order chi connectivity index (χ0) is 15.6. The largest absolute Gasteiger partial charge is 0.420 e. The van der Waals surface area contributed by atoms with Gasteiger partial charge in [0.15, 0.2) is 8.32 Å². The second kappa shape index (κ2) is 10.0. The van der Waals surface area contributed by atoms with Gasteiger partial charge in [0.25, 0.3) is 0 Å². The molecule has 0 aliphatic carbocycles. The standard InChI is InChI=1S/C13H32O5Si2/c1-13(18-9-10-19(5,6)14-2)12-17-8-11-20(7,15-3)16-4/h13H,8-12H2,1-7H3. The fourth-order valence-corrected chi connectivity index (χ4v) is 3.35. The molecule has 0 heterocycles.